The zero-order chi connectivity index (χ0) is 12.2. The third kappa shape index (κ3) is 3.37. The Morgan fingerprint density at radius 2 is 2.06 bits per heavy atom. The predicted molar refractivity (Wildman–Crippen MR) is 59.3 cm³/mol. The lowest BCUT2D eigenvalue weighted by Gasteiger charge is -2.01. The molecule has 16 heavy (non-hydrogen) atoms. The van der Waals surface area contributed by atoms with E-state index in [1.54, 1.807) is 31.2 Å². The molecule has 0 radical (unpaired) electrons. The van der Waals surface area contributed by atoms with E-state index in [9.17, 15) is 8.42 Å². The SMILES string of the molecule is Cc1ccccc1/C(C#N)=N/OS(C)(=O)=O. The van der Waals surface area contributed by atoms with Gasteiger partial charge in [-0.3, -0.25) is 4.28 Å². The molecule has 0 N–H and O–H groups in total. The number of benzene rings is 1. The molecule has 0 saturated carbocycles. The Morgan fingerprint density at radius 1 is 1.44 bits per heavy atom. The summed E-state index contributed by atoms with van der Waals surface area (Å²) < 4.78 is 25.7. The maximum Gasteiger partial charge on any atom is 0.325 e. The molecular formula is C10H10N2O3S. The molecule has 0 aliphatic rings. The molecule has 0 spiro atoms. The van der Waals surface area contributed by atoms with Gasteiger partial charge in [0, 0.05) is 5.56 Å². The van der Waals surface area contributed by atoms with Crippen LogP contribution >= 0.6 is 0 Å². The van der Waals surface area contributed by atoms with Crippen LogP contribution in [-0.4, -0.2) is 20.4 Å². The van der Waals surface area contributed by atoms with Gasteiger partial charge in [0.15, 0.2) is 5.71 Å². The highest BCUT2D eigenvalue weighted by Gasteiger charge is 2.08. The van der Waals surface area contributed by atoms with Gasteiger partial charge < -0.3 is 0 Å². The van der Waals surface area contributed by atoms with Gasteiger partial charge >= 0.3 is 10.1 Å². The summed E-state index contributed by atoms with van der Waals surface area (Å²) in [6.07, 6.45) is 0.864. The van der Waals surface area contributed by atoms with E-state index in [2.05, 4.69) is 9.44 Å². The molecule has 0 atom stereocenters. The average Bonchev–Trinajstić information content (AvgIpc) is 2.20. The quantitative estimate of drug-likeness (QED) is 0.585. The fraction of sp³-hybridized carbons (Fsp3) is 0.200. The van der Waals surface area contributed by atoms with Crippen LogP contribution in [0.3, 0.4) is 0 Å². The first kappa shape index (κ1) is 12.2. The van der Waals surface area contributed by atoms with Gasteiger partial charge in [-0.15, -0.1) is 0 Å². The summed E-state index contributed by atoms with van der Waals surface area (Å²) >= 11 is 0. The lowest BCUT2D eigenvalue weighted by Crippen LogP contribution is -2.04. The van der Waals surface area contributed by atoms with Crippen LogP contribution in [-0.2, 0) is 14.4 Å². The molecule has 1 aromatic carbocycles. The first-order valence-electron chi connectivity index (χ1n) is 4.37. The predicted octanol–water partition coefficient (Wildman–Crippen LogP) is 1.20. The molecule has 1 rings (SSSR count). The van der Waals surface area contributed by atoms with Crippen molar-refractivity contribution in [1.29, 1.82) is 5.26 Å². The van der Waals surface area contributed by atoms with Gasteiger partial charge in [0.25, 0.3) is 0 Å². The fourth-order valence-corrected chi connectivity index (χ4v) is 1.28. The monoisotopic (exact) mass is 238 g/mol. The smallest absolute Gasteiger partial charge is 0.267 e. The molecule has 0 unspecified atom stereocenters. The van der Waals surface area contributed by atoms with Crippen molar-refractivity contribution in [3.05, 3.63) is 35.4 Å². The van der Waals surface area contributed by atoms with Crippen molar-refractivity contribution in [1.82, 2.24) is 0 Å². The van der Waals surface area contributed by atoms with Gasteiger partial charge in [0.05, 0.1) is 6.26 Å². The van der Waals surface area contributed by atoms with E-state index in [1.165, 1.54) is 0 Å². The summed E-state index contributed by atoms with van der Waals surface area (Å²) in [7, 11) is -3.69. The standard InChI is InChI=1S/C10H10N2O3S/c1-8-5-3-4-6-9(8)10(7-11)12-15-16(2,13)14/h3-6H,1-2H3/b12-10+. The second-order valence-corrected chi connectivity index (χ2v) is 4.70. The molecule has 5 nitrogen and oxygen atoms in total. The molecule has 0 amide bonds. The molecule has 0 bridgehead atoms. The van der Waals surface area contributed by atoms with Crippen LogP contribution in [0.5, 0.6) is 0 Å². The van der Waals surface area contributed by atoms with E-state index in [0.717, 1.165) is 11.8 Å². The Morgan fingerprint density at radius 3 is 2.56 bits per heavy atom. The van der Waals surface area contributed by atoms with Crippen molar-refractivity contribution in [2.45, 2.75) is 6.92 Å². The van der Waals surface area contributed by atoms with E-state index in [0.29, 0.717) is 5.56 Å². The molecule has 0 fully saturated rings. The Labute approximate surface area is 94.1 Å². The summed E-state index contributed by atoms with van der Waals surface area (Å²) in [5, 5.41) is 12.2. The van der Waals surface area contributed by atoms with Crippen LogP contribution < -0.4 is 0 Å². The maximum absolute atomic E-state index is 10.7. The third-order valence-electron chi connectivity index (χ3n) is 1.77. The van der Waals surface area contributed by atoms with E-state index in [1.807, 2.05) is 6.07 Å². The minimum absolute atomic E-state index is 0.0662. The van der Waals surface area contributed by atoms with E-state index in [-0.39, 0.29) is 5.71 Å². The highest BCUT2D eigenvalue weighted by atomic mass is 32.2. The van der Waals surface area contributed by atoms with Crippen LogP contribution in [0.4, 0.5) is 0 Å². The van der Waals surface area contributed by atoms with Gasteiger partial charge in [0.2, 0.25) is 0 Å². The van der Waals surface area contributed by atoms with Crippen molar-refractivity contribution in [3.8, 4) is 6.07 Å². The van der Waals surface area contributed by atoms with Crippen LogP contribution in [0, 0.1) is 18.3 Å². The summed E-state index contributed by atoms with van der Waals surface area (Å²) in [5.74, 6) is 0. The fourth-order valence-electron chi connectivity index (χ4n) is 1.07. The molecule has 84 valence electrons. The van der Waals surface area contributed by atoms with Crippen LogP contribution in [0.2, 0.25) is 0 Å². The van der Waals surface area contributed by atoms with E-state index < -0.39 is 10.1 Å². The first-order chi connectivity index (χ1) is 7.44. The van der Waals surface area contributed by atoms with Crippen LogP contribution in [0.15, 0.2) is 29.4 Å². The lowest BCUT2D eigenvalue weighted by atomic mass is 10.1. The highest BCUT2D eigenvalue weighted by molar-refractivity contribution is 7.85. The van der Waals surface area contributed by atoms with Gasteiger partial charge in [-0.25, -0.2) is 0 Å². The molecule has 1 aromatic rings. The zero-order valence-corrected chi connectivity index (χ0v) is 9.65. The molecule has 6 heteroatoms. The number of nitrogens with zero attached hydrogens (tertiary/aromatic N) is 2. The summed E-state index contributed by atoms with van der Waals surface area (Å²) in [4.78, 5) is 0. The number of nitriles is 1. The molecule has 0 aliphatic heterocycles. The Hall–Kier alpha value is -1.87. The number of oxime groups is 1. The van der Waals surface area contributed by atoms with E-state index in [4.69, 9.17) is 5.26 Å². The zero-order valence-electron chi connectivity index (χ0n) is 8.84. The van der Waals surface area contributed by atoms with Gasteiger partial charge in [-0.1, -0.05) is 29.4 Å². The van der Waals surface area contributed by atoms with Crippen LogP contribution in [0.25, 0.3) is 0 Å². The van der Waals surface area contributed by atoms with Crippen molar-refractivity contribution in [3.63, 3.8) is 0 Å². The summed E-state index contributed by atoms with van der Waals surface area (Å²) in [6.45, 7) is 1.79. The Balaban J connectivity index is 3.11. The number of hydrogen-bond donors (Lipinski definition) is 0. The second kappa shape index (κ2) is 4.77. The summed E-state index contributed by atoms with van der Waals surface area (Å²) in [5.41, 5.74) is 1.30. The molecule has 0 aliphatic carbocycles. The van der Waals surface area contributed by atoms with Crippen molar-refractivity contribution in [2.75, 3.05) is 6.26 Å². The molecule has 0 aromatic heterocycles. The van der Waals surface area contributed by atoms with Crippen molar-refractivity contribution >= 4 is 15.8 Å². The lowest BCUT2D eigenvalue weighted by molar-refractivity contribution is 0.344. The van der Waals surface area contributed by atoms with E-state index >= 15 is 0 Å². The van der Waals surface area contributed by atoms with Gasteiger partial charge in [-0.05, 0) is 12.5 Å². The minimum atomic E-state index is -3.69. The third-order valence-corrected chi connectivity index (χ3v) is 2.12. The summed E-state index contributed by atoms with van der Waals surface area (Å²) in [6, 6.07) is 8.80. The second-order valence-electron chi connectivity index (χ2n) is 3.15. The van der Waals surface area contributed by atoms with Crippen molar-refractivity contribution in [2.24, 2.45) is 5.16 Å². The van der Waals surface area contributed by atoms with Crippen LogP contribution in [0.1, 0.15) is 11.1 Å². The number of rotatable bonds is 3. The molecule has 0 heterocycles. The normalized spacial score (nSPS) is 11.9. The maximum atomic E-state index is 10.7. The molecular weight excluding hydrogens is 228 g/mol. The average molecular weight is 238 g/mol. The number of hydrogen-bond acceptors (Lipinski definition) is 5. The highest BCUT2D eigenvalue weighted by Crippen LogP contribution is 2.08. The Bertz CT molecular complexity index is 556. The van der Waals surface area contributed by atoms with Gasteiger partial charge in [0.1, 0.15) is 6.07 Å². The first-order valence-corrected chi connectivity index (χ1v) is 6.18. The van der Waals surface area contributed by atoms with Crippen molar-refractivity contribution < 1.29 is 12.7 Å². The largest absolute Gasteiger partial charge is 0.325 e. The Kier molecular flexibility index (Phi) is 3.64. The minimum Gasteiger partial charge on any atom is -0.267 e. The molecule has 0 saturated heterocycles. The topological polar surface area (TPSA) is 79.5 Å². The van der Waals surface area contributed by atoms with Gasteiger partial charge in [-0.2, -0.15) is 13.7 Å². The number of aryl methyl sites for hydroxylation is 1.